The van der Waals surface area contributed by atoms with E-state index in [1.165, 1.54) is 16.7 Å². The first-order chi connectivity index (χ1) is 7.15. The van der Waals surface area contributed by atoms with Gasteiger partial charge in [-0.05, 0) is 43.4 Å². The molecule has 0 fully saturated rings. The first kappa shape index (κ1) is 10.2. The van der Waals surface area contributed by atoms with Gasteiger partial charge in [0.2, 0.25) is 0 Å². The van der Waals surface area contributed by atoms with E-state index in [1.54, 1.807) is 0 Å². The highest BCUT2D eigenvalue weighted by Gasteiger charge is 2.26. The van der Waals surface area contributed by atoms with E-state index < -0.39 is 0 Å². The van der Waals surface area contributed by atoms with E-state index in [-0.39, 0.29) is 5.41 Å². The fraction of sp³-hybridized carbons (Fsp3) is 0.357. The molecule has 78 valence electrons. The van der Waals surface area contributed by atoms with Gasteiger partial charge >= 0.3 is 0 Å². The lowest BCUT2D eigenvalue weighted by Crippen LogP contribution is -2.18. The van der Waals surface area contributed by atoms with Gasteiger partial charge in [-0.25, -0.2) is 0 Å². The lowest BCUT2D eigenvalue weighted by atomic mass is 9.76. The highest BCUT2D eigenvalue weighted by Crippen LogP contribution is 2.37. The van der Waals surface area contributed by atoms with Crippen LogP contribution in [0.5, 0.6) is 0 Å². The summed E-state index contributed by atoms with van der Waals surface area (Å²) in [5, 5.41) is 0. The maximum Gasteiger partial charge on any atom is 0.129 e. The van der Waals surface area contributed by atoms with Gasteiger partial charge in [0, 0.05) is 5.41 Å². The molecule has 0 N–H and O–H groups in total. The zero-order chi connectivity index (χ0) is 10.9. The van der Waals surface area contributed by atoms with Crippen molar-refractivity contribution in [2.75, 3.05) is 0 Å². The van der Waals surface area contributed by atoms with Gasteiger partial charge in [-0.3, -0.25) is 0 Å². The van der Waals surface area contributed by atoms with Crippen LogP contribution in [0.25, 0.3) is 5.57 Å². The van der Waals surface area contributed by atoms with Crippen LogP contribution in [0.15, 0.2) is 30.3 Å². The Morgan fingerprint density at radius 3 is 2.73 bits per heavy atom. The molecule has 0 unspecified atom stereocenters. The predicted octanol–water partition coefficient (Wildman–Crippen LogP) is 3.24. The van der Waals surface area contributed by atoms with Crippen molar-refractivity contribution in [3.8, 4) is 0 Å². The molecule has 0 aliphatic heterocycles. The Balaban J connectivity index is 2.52. The first-order valence-corrected chi connectivity index (χ1v) is 5.40. The molecule has 0 atom stereocenters. The number of fused-ring (bicyclic) bond motifs is 1. The zero-order valence-corrected chi connectivity index (χ0v) is 9.29. The van der Waals surface area contributed by atoms with Crippen LogP contribution < -0.4 is 0 Å². The summed E-state index contributed by atoms with van der Waals surface area (Å²) in [4.78, 5) is 11.1. The third kappa shape index (κ3) is 1.74. The van der Waals surface area contributed by atoms with Crippen LogP contribution >= 0.6 is 0 Å². The van der Waals surface area contributed by atoms with Crippen LogP contribution in [0.3, 0.4) is 0 Å². The summed E-state index contributed by atoms with van der Waals surface area (Å²) in [6.45, 7) is 3.96. The van der Waals surface area contributed by atoms with Gasteiger partial charge in [0.25, 0.3) is 0 Å². The Kier molecular flexibility index (Phi) is 2.47. The maximum atomic E-state index is 11.1. The monoisotopic (exact) mass is 200 g/mol. The SMILES string of the molecule is CC(C)(C=O)C1=CCCc2ccccc21. The number of carbonyl (C=O) groups excluding carboxylic acids is 1. The number of aryl methyl sites for hydroxylation is 1. The number of carbonyl (C=O) groups is 1. The minimum atomic E-state index is -0.365. The largest absolute Gasteiger partial charge is 0.302 e. The Morgan fingerprint density at radius 1 is 1.27 bits per heavy atom. The highest BCUT2D eigenvalue weighted by atomic mass is 16.1. The van der Waals surface area contributed by atoms with Crippen molar-refractivity contribution in [1.82, 2.24) is 0 Å². The number of allylic oxidation sites excluding steroid dienone is 2. The molecule has 1 heteroatoms. The molecular weight excluding hydrogens is 184 g/mol. The summed E-state index contributed by atoms with van der Waals surface area (Å²) in [5.74, 6) is 0. The standard InChI is InChI=1S/C14H16O/c1-14(2,10-15)13-9-5-7-11-6-3-4-8-12(11)13/h3-4,6,8-10H,5,7H2,1-2H3. The van der Waals surface area contributed by atoms with Crippen LogP contribution in [0.1, 0.15) is 31.4 Å². The first-order valence-electron chi connectivity index (χ1n) is 5.40. The van der Waals surface area contributed by atoms with Crippen molar-refractivity contribution in [1.29, 1.82) is 0 Å². The van der Waals surface area contributed by atoms with E-state index in [1.807, 2.05) is 19.9 Å². The fourth-order valence-corrected chi connectivity index (χ4v) is 2.16. The Morgan fingerprint density at radius 2 is 2.00 bits per heavy atom. The molecule has 0 bridgehead atoms. The minimum Gasteiger partial charge on any atom is -0.302 e. The maximum absolute atomic E-state index is 11.1. The Labute approximate surface area is 90.8 Å². The third-order valence-electron chi connectivity index (χ3n) is 3.06. The summed E-state index contributed by atoms with van der Waals surface area (Å²) in [7, 11) is 0. The van der Waals surface area contributed by atoms with Crippen LogP contribution in [-0.2, 0) is 11.2 Å². The molecular formula is C14H16O. The van der Waals surface area contributed by atoms with Crippen LogP contribution in [0, 0.1) is 5.41 Å². The van der Waals surface area contributed by atoms with Crippen LogP contribution in [0.4, 0.5) is 0 Å². The topological polar surface area (TPSA) is 17.1 Å². The van der Waals surface area contributed by atoms with Crippen molar-refractivity contribution in [2.24, 2.45) is 5.41 Å². The van der Waals surface area contributed by atoms with E-state index in [4.69, 9.17) is 0 Å². The van der Waals surface area contributed by atoms with Gasteiger partial charge in [0.05, 0.1) is 0 Å². The molecule has 0 amide bonds. The minimum absolute atomic E-state index is 0.365. The average molecular weight is 200 g/mol. The second-order valence-corrected chi connectivity index (χ2v) is 4.65. The van der Waals surface area contributed by atoms with Crippen LogP contribution in [-0.4, -0.2) is 6.29 Å². The molecule has 0 radical (unpaired) electrons. The summed E-state index contributed by atoms with van der Waals surface area (Å²) in [5.41, 5.74) is 3.43. The molecule has 1 aliphatic rings. The van der Waals surface area contributed by atoms with E-state index in [0.29, 0.717) is 0 Å². The van der Waals surface area contributed by atoms with Crippen molar-refractivity contribution in [3.63, 3.8) is 0 Å². The second-order valence-electron chi connectivity index (χ2n) is 4.65. The summed E-state index contributed by atoms with van der Waals surface area (Å²) in [6.07, 6.45) is 5.38. The van der Waals surface area contributed by atoms with E-state index in [9.17, 15) is 4.79 Å². The third-order valence-corrected chi connectivity index (χ3v) is 3.06. The Hall–Kier alpha value is -1.37. The molecule has 2 rings (SSSR count). The van der Waals surface area contributed by atoms with E-state index >= 15 is 0 Å². The van der Waals surface area contributed by atoms with E-state index in [0.717, 1.165) is 19.1 Å². The second kappa shape index (κ2) is 3.65. The number of hydrogen-bond acceptors (Lipinski definition) is 1. The van der Waals surface area contributed by atoms with Crippen molar-refractivity contribution >= 4 is 11.9 Å². The molecule has 0 saturated heterocycles. The normalized spacial score (nSPS) is 15.5. The van der Waals surface area contributed by atoms with Gasteiger partial charge in [-0.1, -0.05) is 30.3 Å². The highest BCUT2D eigenvalue weighted by molar-refractivity contribution is 5.86. The van der Waals surface area contributed by atoms with E-state index in [2.05, 4.69) is 24.3 Å². The molecule has 1 nitrogen and oxygen atoms in total. The van der Waals surface area contributed by atoms with Crippen molar-refractivity contribution < 1.29 is 4.79 Å². The van der Waals surface area contributed by atoms with Gasteiger partial charge < -0.3 is 4.79 Å². The van der Waals surface area contributed by atoms with Gasteiger partial charge in [0.15, 0.2) is 0 Å². The fourth-order valence-electron chi connectivity index (χ4n) is 2.16. The number of aldehydes is 1. The van der Waals surface area contributed by atoms with Crippen molar-refractivity contribution in [3.05, 3.63) is 41.5 Å². The average Bonchev–Trinajstić information content (AvgIpc) is 2.28. The molecule has 0 aromatic heterocycles. The molecule has 15 heavy (non-hydrogen) atoms. The number of hydrogen-bond donors (Lipinski definition) is 0. The van der Waals surface area contributed by atoms with Gasteiger partial charge in [0.1, 0.15) is 6.29 Å². The van der Waals surface area contributed by atoms with Gasteiger partial charge in [-0.2, -0.15) is 0 Å². The molecule has 0 spiro atoms. The molecule has 0 saturated carbocycles. The molecule has 1 aromatic rings. The molecule has 1 aromatic carbocycles. The molecule has 0 heterocycles. The number of benzene rings is 1. The Bertz CT molecular complexity index is 413. The smallest absolute Gasteiger partial charge is 0.129 e. The van der Waals surface area contributed by atoms with Crippen molar-refractivity contribution in [2.45, 2.75) is 26.7 Å². The summed E-state index contributed by atoms with van der Waals surface area (Å²) < 4.78 is 0. The summed E-state index contributed by atoms with van der Waals surface area (Å²) in [6, 6.07) is 8.38. The quantitative estimate of drug-likeness (QED) is 0.670. The zero-order valence-electron chi connectivity index (χ0n) is 9.29. The summed E-state index contributed by atoms with van der Waals surface area (Å²) >= 11 is 0. The number of rotatable bonds is 2. The lowest BCUT2D eigenvalue weighted by Gasteiger charge is -2.27. The van der Waals surface area contributed by atoms with Crippen LogP contribution in [0.2, 0.25) is 0 Å². The lowest BCUT2D eigenvalue weighted by molar-refractivity contribution is -0.112. The van der Waals surface area contributed by atoms with Gasteiger partial charge in [-0.15, -0.1) is 0 Å². The predicted molar refractivity (Wildman–Crippen MR) is 62.6 cm³/mol. The molecule has 1 aliphatic carbocycles.